The molecule has 0 N–H and O–H groups in total. The predicted molar refractivity (Wildman–Crippen MR) is 52.0 cm³/mol. The third kappa shape index (κ3) is 1.11. The Morgan fingerprint density at radius 3 is 2.14 bits per heavy atom. The van der Waals surface area contributed by atoms with Gasteiger partial charge in [0.25, 0.3) is 0 Å². The molecule has 1 atom stereocenters. The molecule has 0 bridgehead atoms. The lowest BCUT2D eigenvalue weighted by Gasteiger charge is -2.51. The average Bonchev–Trinajstić information content (AvgIpc) is 2.63. The predicted octanol–water partition coefficient (Wildman–Crippen LogP) is 1.26. The van der Waals surface area contributed by atoms with E-state index in [4.69, 9.17) is 10.7 Å². The normalized spacial score (nSPS) is 35.4. The van der Waals surface area contributed by atoms with Crippen LogP contribution < -0.4 is 0 Å². The van der Waals surface area contributed by atoms with E-state index in [2.05, 4.69) is 0 Å². The first-order valence-corrected chi connectivity index (χ1v) is 6.75. The fourth-order valence-electron chi connectivity index (χ4n) is 2.17. The smallest absolute Gasteiger partial charge is 0.274 e. The molecule has 1 heterocycles. The highest BCUT2D eigenvalue weighted by Gasteiger charge is 2.66. The van der Waals surface area contributed by atoms with Crippen molar-refractivity contribution >= 4 is 25.8 Å². The molecule has 2 rings (SSSR count). The summed E-state index contributed by atoms with van der Waals surface area (Å²) in [5.74, 6) is -0.393. The van der Waals surface area contributed by atoms with Crippen molar-refractivity contribution in [3.05, 3.63) is 0 Å². The van der Waals surface area contributed by atoms with Gasteiger partial charge < -0.3 is 0 Å². The minimum absolute atomic E-state index is 0.0666. The highest BCUT2D eigenvalue weighted by molar-refractivity contribution is 8.12. The summed E-state index contributed by atoms with van der Waals surface area (Å²) < 4.78 is 23.2. The molecule has 2 aliphatic rings. The van der Waals surface area contributed by atoms with Crippen LogP contribution in [0.15, 0.2) is 0 Å². The number of carbonyl (C=O) groups is 1. The summed E-state index contributed by atoms with van der Waals surface area (Å²) >= 11 is 0. The van der Waals surface area contributed by atoms with Gasteiger partial charge in [-0.15, -0.1) is 0 Å². The van der Waals surface area contributed by atoms with Gasteiger partial charge in [0.1, 0.15) is 0 Å². The highest BCUT2D eigenvalue weighted by Crippen LogP contribution is 2.61. The van der Waals surface area contributed by atoms with E-state index in [-0.39, 0.29) is 11.8 Å². The van der Waals surface area contributed by atoms with Crippen LogP contribution in [0.3, 0.4) is 0 Å². The second-order valence-corrected chi connectivity index (χ2v) is 6.97. The standard InChI is InChI=1S/C8H12ClNO3S/c1-7(3-4-7)8(2)5-6(11)10(8)14(9,12)13/h3-5H2,1-2H3. The quantitative estimate of drug-likeness (QED) is 0.537. The Balaban J connectivity index is 2.37. The zero-order chi connectivity index (χ0) is 10.8. The lowest BCUT2D eigenvalue weighted by Crippen LogP contribution is -2.66. The lowest BCUT2D eigenvalue weighted by atomic mass is 9.75. The highest BCUT2D eigenvalue weighted by atomic mass is 35.7. The Hall–Kier alpha value is -0.290. The van der Waals surface area contributed by atoms with Gasteiger partial charge in [0, 0.05) is 10.7 Å². The van der Waals surface area contributed by atoms with Crippen LogP contribution in [0.2, 0.25) is 0 Å². The number of rotatable bonds is 2. The van der Waals surface area contributed by atoms with Crippen LogP contribution in [-0.2, 0) is 14.0 Å². The monoisotopic (exact) mass is 237 g/mol. The largest absolute Gasteiger partial charge is 0.324 e. The van der Waals surface area contributed by atoms with Gasteiger partial charge in [-0.25, -0.2) is 4.31 Å². The van der Waals surface area contributed by atoms with E-state index >= 15 is 0 Å². The van der Waals surface area contributed by atoms with E-state index in [0.717, 1.165) is 17.1 Å². The van der Waals surface area contributed by atoms with E-state index < -0.39 is 20.7 Å². The van der Waals surface area contributed by atoms with Gasteiger partial charge in [0.05, 0.1) is 12.0 Å². The molecule has 1 aliphatic heterocycles. The van der Waals surface area contributed by atoms with Gasteiger partial charge >= 0.3 is 9.24 Å². The van der Waals surface area contributed by atoms with Crippen molar-refractivity contribution < 1.29 is 13.2 Å². The molecule has 4 nitrogen and oxygen atoms in total. The van der Waals surface area contributed by atoms with E-state index in [9.17, 15) is 13.2 Å². The van der Waals surface area contributed by atoms with E-state index in [1.165, 1.54) is 0 Å². The molecule has 0 radical (unpaired) electrons. The number of hydrogen-bond donors (Lipinski definition) is 0. The molecule has 1 unspecified atom stereocenters. The van der Waals surface area contributed by atoms with Crippen molar-refractivity contribution in [2.75, 3.05) is 0 Å². The van der Waals surface area contributed by atoms with Gasteiger partial charge in [-0.05, 0) is 25.2 Å². The third-order valence-electron chi connectivity index (χ3n) is 3.69. The van der Waals surface area contributed by atoms with Gasteiger partial charge in [0.2, 0.25) is 5.91 Å². The number of carbonyl (C=O) groups excluding carboxylic acids is 1. The number of amides is 1. The van der Waals surface area contributed by atoms with E-state index in [1.807, 2.05) is 6.92 Å². The summed E-state index contributed by atoms with van der Waals surface area (Å²) in [6.45, 7) is 3.79. The Morgan fingerprint density at radius 2 is 1.86 bits per heavy atom. The van der Waals surface area contributed by atoms with Gasteiger partial charge in [0.15, 0.2) is 0 Å². The molecular weight excluding hydrogens is 226 g/mol. The van der Waals surface area contributed by atoms with Crippen molar-refractivity contribution in [1.82, 2.24) is 4.31 Å². The Bertz CT molecular complexity index is 401. The second kappa shape index (κ2) is 2.44. The summed E-state index contributed by atoms with van der Waals surface area (Å²) in [6, 6.07) is 0. The van der Waals surface area contributed by atoms with Crippen LogP contribution >= 0.6 is 10.7 Å². The lowest BCUT2D eigenvalue weighted by molar-refractivity contribution is -0.148. The Labute approximate surface area is 87.8 Å². The summed E-state index contributed by atoms with van der Waals surface area (Å²) in [6.07, 6.45) is 2.20. The maximum Gasteiger partial charge on any atom is 0.324 e. The number of hydrogen-bond acceptors (Lipinski definition) is 3. The molecule has 1 aliphatic carbocycles. The Kier molecular flexibility index (Phi) is 1.79. The van der Waals surface area contributed by atoms with Crippen LogP contribution in [0, 0.1) is 5.41 Å². The van der Waals surface area contributed by atoms with Crippen LogP contribution in [0.5, 0.6) is 0 Å². The molecule has 0 spiro atoms. The third-order valence-corrected chi connectivity index (χ3v) is 5.15. The first kappa shape index (κ1) is 10.2. The molecule has 0 aromatic carbocycles. The van der Waals surface area contributed by atoms with Gasteiger partial charge in [-0.3, -0.25) is 4.79 Å². The van der Waals surface area contributed by atoms with Gasteiger partial charge in [-0.1, -0.05) is 6.92 Å². The maximum absolute atomic E-state index is 11.2. The summed E-state index contributed by atoms with van der Waals surface area (Å²) in [7, 11) is 1.32. The summed E-state index contributed by atoms with van der Waals surface area (Å²) in [5.41, 5.74) is -0.659. The molecule has 14 heavy (non-hydrogen) atoms. The fraction of sp³-hybridized carbons (Fsp3) is 0.875. The fourth-order valence-corrected chi connectivity index (χ4v) is 3.93. The molecule has 0 aromatic rings. The minimum atomic E-state index is -3.91. The zero-order valence-electron chi connectivity index (χ0n) is 8.08. The van der Waals surface area contributed by atoms with Crippen molar-refractivity contribution in [3.63, 3.8) is 0 Å². The molecular formula is C8H12ClNO3S. The van der Waals surface area contributed by atoms with E-state index in [0.29, 0.717) is 0 Å². The summed E-state index contributed by atoms with van der Waals surface area (Å²) in [4.78, 5) is 11.2. The molecule has 0 aromatic heterocycles. The number of nitrogens with zero attached hydrogens (tertiary/aromatic N) is 1. The molecule has 2 fully saturated rings. The zero-order valence-corrected chi connectivity index (χ0v) is 9.65. The van der Waals surface area contributed by atoms with E-state index in [1.54, 1.807) is 6.92 Å². The van der Waals surface area contributed by atoms with Crippen LogP contribution in [-0.4, -0.2) is 24.2 Å². The van der Waals surface area contributed by atoms with Crippen LogP contribution in [0.1, 0.15) is 33.1 Å². The summed E-state index contributed by atoms with van der Waals surface area (Å²) in [5, 5.41) is 0. The molecule has 6 heteroatoms. The molecule has 80 valence electrons. The van der Waals surface area contributed by atoms with Crippen LogP contribution in [0.25, 0.3) is 0 Å². The van der Waals surface area contributed by atoms with Crippen LogP contribution in [0.4, 0.5) is 0 Å². The van der Waals surface area contributed by atoms with Crippen molar-refractivity contribution in [2.45, 2.75) is 38.6 Å². The molecule has 1 amide bonds. The molecule has 1 saturated heterocycles. The Morgan fingerprint density at radius 1 is 1.36 bits per heavy atom. The second-order valence-electron chi connectivity index (χ2n) is 4.61. The molecule has 1 saturated carbocycles. The average molecular weight is 238 g/mol. The topological polar surface area (TPSA) is 54.5 Å². The first-order chi connectivity index (χ1) is 6.21. The maximum atomic E-state index is 11.2. The van der Waals surface area contributed by atoms with Crippen molar-refractivity contribution in [1.29, 1.82) is 0 Å². The van der Waals surface area contributed by atoms with Crippen molar-refractivity contribution in [3.8, 4) is 0 Å². The SMILES string of the molecule is CC1(C2(C)CC(=O)N2S(=O)(=O)Cl)CC1. The number of halogens is 1. The minimum Gasteiger partial charge on any atom is -0.274 e. The van der Waals surface area contributed by atoms with Gasteiger partial charge in [-0.2, -0.15) is 8.42 Å². The first-order valence-electron chi connectivity index (χ1n) is 4.49. The number of β-lactam (4-membered cyclic amide) rings is 1. The van der Waals surface area contributed by atoms with Crippen molar-refractivity contribution in [2.24, 2.45) is 5.41 Å².